The van der Waals surface area contributed by atoms with Crippen molar-refractivity contribution >= 4 is 11.8 Å². The van der Waals surface area contributed by atoms with E-state index in [1.54, 1.807) is 0 Å². The molecule has 0 fully saturated rings. The standard InChI is InChI=1S/C7H11N5/c1-9-6-4-2-10-3-5(4)11-7(8)12-6/h10H,2-3H2,1H3,(H3,8,9,11,12). The topological polar surface area (TPSA) is 75.9 Å². The van der Waals surface area contributed by atoms with Crippen LogP contribution in [0.5, 0.6) is 0 Å². The number of nitrogens with zero attached hydrogens (tertiary/aromatic N) is 2. The van der Waals surface area contributed by atoms with E-state index in [0.29, 0.717) is 5.95 Å². The highest BCUT2D eigenvalue weighted by molar-refractivity contribution is 5.50. The van der Waals surface area contributed by atoms with Crippen molar-refractivity contribution < 1.29 is 0 Å². The molecule has 1 aromatic rings. The van der Waals surface area contributed by atoms with E-state index in [2.05, 4.69) is 20.6 Å². The van der Waals surface area contributed by atoms with Gasteiger partial charge < -0.3 is 16.4 Å². The number of nitrogens with one attached hydrogen (secondary N) is 2. The molecular weight excluding hydrogens is 154 g/mol. The van der Waals surface area contributed by atoms with Gasteiger partial charge in [0.1, 0.15) is 5.82 Å². The second-order valence-corrected chi connectivity index (χ2v) is 2.71. The zero-order valence-electron chi connectivity index (χ0n) is 6.89. The van der Waals surface area contributed by atoms with Crippen molar-refractivity contribution in [2.75, 3.05) is 18.1 Å². The van der Waals surface area contributed by atoms with Crippen LogP contribution in [0.2, 0.25) is 0 Å². The van der Waals surface area contributed by atoms with E-state index >= 15 is 0 Å². The van der Waals surface area contributed by atoms with Crippen molar-refractivity contribution in [3.8, 4) is 0 Å². The number of hydrogen-bond acceptors (Lipinski definition) is 5. The second-order valence-electron chi connectivity index (χ2n) is 2.71. The SMILES string of the molecule is CNc1nc(N)nc2c1CNC2. The summed E-state index contributed by atoms with van der Waals surface area (Å²) in [6.45, 7) is 1.61. The average Bonchev–Trinajstić information content (AvgIpc) is 2.50. The lowest BCUT2D eigenvalue weighted by molar-refractivity contribution is 0.758. The summed E-state index contributed by atoms with van der Waals surface area (Å²) in [5, 5.41) is 6.19. The Hall–Kier alpha value is -1.36. The third-order valence-corrected chi connectivity index (χ3v) is 1.94. The largest absolute Gasteiger partial charge is 0.373 e. The Kier molecular flexibility index (Phi) is 1.58. The highest BCUT2D eigenvalue weighted by Crippen LogP contribution is 2.20. The summed E-state index contributed by atoms with van der Waals surface area (Å²) in [5.41, 5.74) is 7.65. The molecule has 4 N–H and O–H groups in total. The maximum absolute atomic E-state index is 5.52. The fourth-order valence-corrected chi connectivity index (χ4v) is 1.39. The first-order valence-corrected chi connectivity index (χ1v) is 3.85. The first-order valence-electron chi connectivity index (χ1n) is 3.85. The number of nitrogen functional groups attached to an aromatic ring is 1. The number of rotatable bonds is 1. The van der Waals surface area contributed by atoms with E-state index in [0.717, 1.165) is 30.2 Å². The van der Waals surface area contributed by atoms with Crippen LogP contribution in [0.4, 0.5) is 11.8 Å². The number of nitrogens with two attached hydrogens (primary N) is 1. The van der Waals surface area contributed by atoms with Crippen molar-refractivity contribution in [1.29, 1.82) is 0 Å². The molecule has 2 rings (SSSR count). The summed E-state index contributed by atoms with van der Waals surface area (Å²) in [5.74, 6) is 1.17. The van der Waals surface area contributed by atoms with Gasteiger partial charge in [-0.1, -0.05) is 0 Å². The highest BCUT2D eigenvalue weighted by Gasteiger charge is 2.16. The van der Waals surface area contributed by atoms with Crippen LogP contribution in [0.3, 0.4) is 0 Å². The van der Waals surface area contributed by atoms with Gasteiger partial charge in [0.2, 0.25) is 5.95 Å². The monoisotopic (exact) mass is 165 g/mol. The molecule has 0 radical (unpaired) electrons. The van der Waals surface area contributed by atoms with Gasteiger partial charge in [-0.05, 0) is 0 Å². The van der Waals surface area contributed by atoms with Crippen molar-refractivity contribution in [2.24, 2.45) is 0 Å². The lowest BCUT2D eigenvalue weighted by Gasteiger charge is -2.05. The van der Waals surface area contributed by atoms with Crippen LogP contribution in [0.25, 0.3) is 0 Å². The Labute approximate surface area is 70.4 Å². The summed E-state index contributed by atoms with van der Waals surface area (Å²) < 4.78 is 0. The summed E-state index contributed by atoms with van der Waals surface area (Å²) >= 11 is 0. The number of fused-ring (bicyclic) bond motifs is 1. The van der Waals surface area contributed by atoms with Gasteiger partial charge >= 0.3 is 0 Å². The van der Waals surface area contributed by atoms with Crippen molar-refractivity contribution in [1.82, 2.24) is 15.3 Å². The molecule has 0 saturated carbocycles. The van der Waals surface area contributed by atoms with E-state index in [9.17, 15) is 0 Å². The predicted molar refractivity (Wildman–Crippen MR) is 46.5 cm³/mol. The Morgan fingerprint density at radius 2 is 2.25 bits per heavy atom. The normalized spacial score (nSPS) is 14.4. The van der Waals surface area contributed by atoms with Gasteiger partial charge in [0.15, 0.2) is 0 Å². The average molecular weight is 165 g/mol. The summed E-state index contributed by atoms with van der Waals surface area (Å²) in [4.78, 5) is 8.21. The van der Waals surface area contributed by atoms with Crippen molar-refractivity contribution in [3.05, 3.63) is 11.3 Å². The Balaban J connectivity index is 2.55. The second kappa shape index (κ2) is 2.60. The molecule has 0 amide bonds. The maximum Gasteiger partial charge on any atom is 0.222 e. The van der Waals surface area contributed by atoms with Crippen LogP contribution in [0.15, 0.2) is 0 Å². The van der Waals surface area contributed by atoms with Gasteiger partial charge in [-0.15, -0.1) is 0 Å². The Bertz CT molecular complexity index is 309. The molecule has 1 aromatic heterocycles. The molecule has 5 nitrogen and oxygen atoms in total. The van der Waals surface area contributed by atoms with E-state index in [-0.39, 0.29) is 0 Å². The molecule has 0 atom stereocenters. The first-order chi connectivity index (χ1) is 5.81. The predicted octanol–water partition coefficient (Wildman–Crippen LogP) is -0.296. The van der Waals surface area contributed by atoms with Gasteiger partial charge in [-0.25, -0.2) is 4.98 Å². The lowest BCUT2D eigenvalue weighted by atomic mass is 10.2. The summed E-state index contributed by atoms with van der Waals surface area (Å²) in [7, 11) is 1.83. The van der Waals surface area contributed by atoms with Gasteiger partial charge in [-0.3, -0.25) is 0 Å². The third-order valence-electron chi connectivity index (χ3n) is 1.94. The van der Waals surface area contributed by atoms with E-state index in [4.69, 9.17) is 5.73 Å². The van der Waals surface area contributed by atoms with Crippen molar-refractivity contribution in [3.63, 3.8) is 0 Å². The minimum absolute atomic E-state index is 0.335. The lowest BCUT2D eigenvalue weighted by Crippen LogP contribution is -2.05. The van der Waals surface area contributed by atoms with Crippen LogP contribution < -0.4 is 16.4 Å². The molecule has 0 bridgehead atoms. The molecular formula is C7H11N5. The minimum Gasteiger partial charge on any atom is -0.373 e. The smallest absolute Gasteiger partial charge is 0.222 e. The van der Waals surface area contributed by atoms with Crippen LogP contribution in [0.1, 0.15) is 11.3 Å². The number of anilines is 2. The molecule has 1 aliphatic heterocycles. The zero-order chi connectivity index (χ0) is 8.55. The maximum atomic E-state index is 5.52. The Morgan fingerprint density at radius 3 is 3.00 bits per heavy atom. The molecule has 0 aromatic carbocycles. The number of aromatic nitrogens is 2. The molecule has 0 aliphatic carbocycles. The minimum atomic E-state index is 0.335. The van der Waals surface area contributed by atoms with E-state index < -0.39 is 0 Å². The third kappa shape index (κ3) is 0.984. The van der Waals surface area contributed by atoms with Gasteiger partial charge in [0, 0.05) is 25.7 Å². The summed E-state index contributed by atoms with van der Waals surface area (Å²) in [6.07, 6.45) is 0. The van der Waals surface area contributed by atoms with Crippen LogP contribution in [0, 0.1) is 0 Å². The molecule has 64 valence electrons. The quantitative estimate of drug-likeness (QED) is 0.533. The fraction of sp³-hybridized carbons (Fsp3) is 0.429. The molecule has 2 heterocycles. The van der Waals surface area contributed by atoms with Crippen LogP contribution in [-0.4, -0.2) is 17.0 Å². The zero-order valence-corrected chi connectivity index (χ0v) is 6.89. The summed E-state index contributed by atoms with van der Waals surface area (Å²) in [6, 6.07) is 0. The molecule has 0 spiro atoms. The fourth-order valence-electron chi connectivity index (χ4n) is 1.39. The molecule has 12 heavy (non-hydrogen) atoms. The van der Waals surface area contributed by atoms with E-state index in [1.807, 2.05) is 7.05 Å². The number of hydrogen-bond donors (Lipinski definition) is 3. The Morgan fingerprint density at radius 1 is 1.42 bits per heavy atom. The molecule has 0 unspecified atom stereocenters. The van der Waals surface area contributed by atoms with Crippen LogP contribution in [-0.2, 0) is 13.1 Å². The van der Waals surface area contributed by atoms with E-state index in [1.165, 1.54) is 0 Å². The first kappa shape index (κ1) is 7.30. The van der Waals surface area contributed by atoms with Gasteiger partial charge in [0.05, 0.1) is 5.69 Å². The molecule has 5 heteroatoms. The highest BCUT2D eigenvalue weighted by atomic mass is 15.1. The van der Waals surface area contributed by atoms with Gasteiger partial charge in [-0.2, -0.15) is 4.98 Å². The molecule has 0 saturated heterocycles. The molecule has 1 aliphatic rings. The van der Waals surface area contributed by atoms with Crippen LogP contribution >= 0.6 is 0 Å². The van der Waals surface area contributed by atoms with Crippen molar-refractivity contribution in [2.45, 2.75) is 13.1 Å². The van der Waals surface area contributed by atoms with Gasteiger partial charge in [0.25, 0.3) is 0 Å².